The molecule has 0 aromatic carbocycles. The first-order chi connectivity index (χ1) is 12.0. The van der Waals surface area contributed by atoms with Crippen LogP contribution >= 0.6 is 0 Å². The number of carbonyl (C=O) groups is 1. The van der Waals surface area contributed by atoms with Gasteiger partial charge in [-0.1, -0.05) is 26.2 Å². The molecular weight excluding hydrogens is 320 g/mol. The van der Waals surface area contributed by atoms with E-state index in [-0.39, 0.29) is 25.0 Å². The fourth-order valence-corrected chi connectivity index (χ4v) is 3.53. The van der Waals surface area contributed by atoms with Gasteiger partial charge < -0.3 is 19.3 Å². The maximum absolute atomic E-state index is 12.1. The third kappa shape index (κ3) is 6.22. The summed E-state index contributed by atoms with van der Waals surface area (Å²) in [6.07, 6.45) is 8.49. The van der Waals surface area contributed by atoms with Gasteiger partial charge in [-0.15, -0.1) is 0 Å². The van der Waals surface area contributed by atoms with E-state index in [0.717, 1.165) is 38.9 Å². The number of aliphatic hydroxyl groups excluding tert-OH is 1. The van der Waals surface area contributed by atoms with Crippen molar-refractivity contribution < 1.29 is 24.1 Å². The van der Waals surface area contributed by atoms with Crippen molar-refractivity contribution in [3.63, 3.8) is 0 Å². The predicted molar refractivity (Wildman–Crippen MR) is 96.0 cm³/mol. The van der Waals surface area contributed by atoms with Gasteiger partial charge in [-0.2, -0.15) is 0 Å². The van der Waals surface area contributed by atoms with Crippen molar-refractivity contribution in [2.45, 2.75) is 84.5 Å². The van der Waals surface area contributed by atoms with Gasteiger partial charge in [-0.3, -0.25) is 4.79 Å². The molecule has 1 heterocycles. The summed E-state index contributed by atoms with van der Waals surface area (Å²) in [4.78, 5) is 12.1. The topological polar surface area (TPSA) is 65.0 Å². The Hall–Kier alpha value is -0.650. The van der Waals surface area contributed by atoms with Crippen molar-refractivity contribution in [3.8, 4) is 0 Å². The number of ether oxygens (including phenoxy) is 3. The van der Waals surface area contributed by atoms with Crippen LogP contribution in [-0.4, -0.2) is 43.3 Å². The SMILES string of the molecule is CCCCCC1COC(C2CCC(OC(=O)C(C)(C)CO)CC2)OC1. The van der Waals surface area contributed by atoms with Crippen LogP contribution in [0.15, 0.2) is 0 Å². The van der Waals surface area contributed by atoms with Gasteiger partial charge in [0, 0.05) is 11.8 Å². The Morgan fingerprint density at radius 2 is 1.76 bits per heavy atom. The molecule has 1 N–H and O–H groups in total. The number of carbonyl (C=O) groups excluding carboxylic acids is 1. The van der Waals surface area contributed by atoms with Crippen LogP contribution in [0.5, 0.6) is 0 Å². The minimum Gasteiger partial charge on any atom is -0.462 e. The average molecular weight is 357 g/mol. The second-order valence-electron chi connectivity index (χ2n) is 8.38. The van der Waals surface area contributed by atoms with E-state index in [0.29, 0.717) is 11.8 Å². The number of hydrogen-bond donors (Lipinski definition) is 1. The van der Waals surface area contributed by atoms with Gasteiger partial charge >= 0.3 is 5.97 Å². The van der Waals surface area contributed by atoms with Gasteiger partial charge in [0.1, 0.15) is 6.10 Å². The van der Waals surface area contributed by atoms with Crippen LogP contribution in [0.25, 0.3) is 0 Å². The quantitative estimate of drug-likeness (QED) is 0.531. The van der Waals surface area contributed by atoms with Crippen LogP contribution in [0.1, 0.15) is 72.1 Å². The highest BCUT2D eigenvalue weighted by Crippen LogP contribution is 2.33. The van der Waals surface area contributed by atoms with Crippen LogP contribution in [0.4, 0.5) is 0 Å². The zero-order chi connectivity index (χ0) is 18.3. The van der Waals surface area contributed by atoms with E-state index in [2.05, 4.69) is 6.92 Å². The second kappa shape index (κ2) is 9.89. The normalized spacial score (nSPS) is 30.9. The van der Waals surface area contributed by atoms with Crippen molar-refractivity contribution in [3.05, 3.63) is 0 Å². The maximum Gasteiger partial charge on any atom is 0.314 e. The molecule has 1 saturated carbocycles. The molecule has 146 valence electrons. The molecule has 0 spiro atoms. The molecule has 2 aliphatic rings. The maximum atomic E-state index is 12.1. The number of esters is 1. The third-order valence-corrected chi connectivity index (χ3v) is 5.53. The van der Waals surface area contributed by atoms with Crippen molar-refractivity contribution >= 4 is 5.97 Å². The van der Waals surface area contributed by atoms with Crippen molar-refractivity contribution in [2.24, 2.45) is 17.3 Å². The first kappa shape index (κ1) is 20.7. The van der Waals surface area contributed by atoms with E-state index < -0.39 is 5.41 Å². The highest BCUT2D eigenvalue weighted by Gasteiger charge is 2.35. The van der Waals surface area contributed by atoms with Gasteiger partial charge in [-0.05, 0) is 46.0 Å². The molecule has 0 aromatic heterocycles. The molecule has 25 heavy (non-hydrogen) atoms. The Balaban J connectivity index is 1.66. The summed E-state index contributed by atoms with van der Waals surface area (Å²) < 4.78 is 17.5. The first-order valence-electron chi connectivity index (χ1n) is 10.0. The Morgan fingerprint density at radius 1 is 1.12 bits per heavy atom. The fraction of sp³-hybridized carbons (Fsp3) is 0.950. The van der Waals surface area contributed by atoms with Crippen molar-refractivity contribution in [1.82, 2.24) is 0 Å². The molecule has 0 amide bonds. The van der Waals surface area contributed by atoms with Gasteiger partial charge in [0.2, 0.25) is 0 Å². The lowest BCUT2D eigenvalue weighted by atomic mass is 9.86. The molecule has 1 aliphatic heterocycles. The molecule has 0 unspecified atom stereocenters. The summed E-state index contributed by atoms with van der Waals surface area (Å²) in [5.41, 5.74) is -0.820. The third-order valence-electron chi connectivity index (χ3n) is 5.53. The Labute approximate surface area is 152 Å². The van der Waals surface area contributed by atoms with E-state index in [9.17, 15) is 9.90 Å². The van der Waals surface area contributed by atoms with Crippen LogP contribution in [-0.2, 0) is 19.0 Å². The largest absolute Gasteiger partial charge is 0.462 e. The lowest BCUT2D eigenvalue weighted by molar-refractivity contribution is -0.231. The lowest BCUT2D eigenvalue weighted by Crippen LogP contribution is -2.40. The minimum atomic E-state index is -0.820. The highest BCUT2D eigenvalue weighted by atomic mass is 16.7. The summed E-state index contributed by atoms with van der Waals surface area (Å²) >= 11 is 0. The molecule has 2 fully saturated rings. The van der Waals surface area contributed by atoms with Crippen LogP contribution < -0.4 is 0 Å². The van der Waals surface area contributed by atoms with Crippen LogP contribution in [0.2, 0.25) is 0 Å². The van der Waals surface area contributed by atoms with Gasteiger partial charge in [-0.25, -0.2) is 0 Å². The zero-order valence-electron chi connectivity index (χ0n) is 16.2. The number of rotatable bonds is 8. The first-order valence-corrected chi connectivity index (χ1v) is 10.0. The molecule has 0 atom stereocenters. The number of aliphatic hydroxyl groups is 1. The van der Waals surface area contributed by atoms with E-state index >= 15 is 0 Å². The lowest BCUT2D eigenvalue weighted by Gasteiger charge is -2.37. The van der Waals surface area contributed by atoms with Crippen molar-refractivity contribution in [1.29, 1.82) is 0 Å². The van der Waals surface area contributed by atoms with Gasteiger partial charge in [0.05, 0.1) is 25.2 Å². The van der Waals surface area contributed by atoms with Gasteiger partial charge in [0.25, 0.3) is 0 Å². The molecular formula is C20H36O5. The minimum absolute atomic E-state index is 0.0417. The molecule has 0 aromatic rings. The van der Waals surface area contributed by atoms with Crippen LogP contribution in [0, 0.1) is 17.3 Å². The van der Waals surface area contributed by atoms with Crippen molar-refractivity contribution in [2.75, 3.05) is 19.8 Å². The average Bonchev–Trinajstić information content (AvgIpc) is 2.63. The monoisotopic (exact) mass is 356 g/mol. The molecule has 0 bridgehead atoms. The van der Waals surface area contributed by atoms with E-state index in [1.54, 1.807) is 13.8 Å². The molecule has 5 nitrogen and oxygen atoms in total. The highest BCUT2D eigenvalue weighted by molar-refractivity contribution is 5.76. The standard InChI is InChI=1S/C20H36O5/c1-4-5-6-7-15-12-23-18(24-13-15)16-8-10-17(11-9-16)25-19(22)20(2,3)14-21/h15-18,21H,4-14H2,1-3H3. The van der Waals surface area contributed by atoms with Gasteiger partial charge in [0.15, 0.2) is 6.29 Å². The van der Waals surface area contributed by atoms with Crippen LogP contribution in [0.3, 0.4) is 0 Å². The number of hydrogen-bond acceptors (Lipinski definition) is 5. The molecule has 0 radical (unpaired) electrons. The Bertz CT molecular complexity index is 393. The fourth-order valence-electron chi connectivity index (χ4n) is 3.53. The molecule has 1 saturated heterocycles. The molecule has 5 heteroatoms. The zero-order valence-corrected chi connectivity index (χ0v) is 16.2. The Morgan fingerprint density at radius 3 is 2.32 bits per heavy atom. The smallest absolute Gasteiger partial charge is 0.314 e. The predicted octanol–water partition coefficient (Wildman–Crippen LogP) is 3.68. The summed E-state index contributed by atoms with van der Waals surface area (Å²) in [5.74, 6) is 0.636. The molecule has 2 rings (SSSR count). The summed E-state index contributed by atoms with van der Waals surface area (Å²) in [7, 11) is 0. The van der Waals surface area contributed by atoms with E-state index in [1.807, 2.05) is 0 Å². The number of unbranched alkanes of at least 4 members (excludes halogenated alkanes) is 2. The molecule has 1 aliphatic carbocycles. The van der Waals surface area contributed by atoms with E-state index in [1.165, 1.54) is 25.7 Å². The summed E-state index contributed by atoms with van der Waals surface area (Å²) in [6.45, 7) is 7.08. The summed E-state index contributed by atoms with van der Waals surface area (Å²) in [6, 6.07) is 0. The van der Waals surface area contributed by atoms with E-state index in [4.69, 9.17) is 14.2 Å². The second-order valence-corrected chi connectivity index (χ2v) is 8.38. The summed E-state index contributed by atoms with van der Waals surface area (Å²) in [5, 5.41) is 9.26. The Kier molecular flexibility index (Phi) is 8.17.